The average Bonchev–Trinajstić information content (AvgIpc) is 3.05. The van der Waals surface area contributed by atoms with E-state index >= 15 is 0 Å². The molecule has 0 saturated carbocycles. The molecule has 0 radical (unpaired) electrons. The fraction of sp³-hybridized carbons (Fsp3) is 0.438. The number of hydrogen-bond acceptors (Lipinski definition) is 4. The highest BCUT2D eigenvalue weighted by atomic mass is 79.9. The van der Waals surface area contributed by atoms with E-state index in [1.54, 1.807) is 7.11 Å². The van der Waals surface area contributed by atoms with Crippen LogP contribution in [-0.2, 0) is 9.47 Å². The summed E-state index contributed by atoms with van der Waals surface area (Å²) >= 11 is 3.49. The first-order valence-electron chi connectivity index (χ1n) is 7.31. The lowest BCUT2D eigenvalue weighted by Gasteiger charge is -2.22. The van der Waals surface area contributed by atoms with Crippen LogP contribution in [0.2, 0.25) is 0 Å². The first-order chi connectivity index (χ1) is 10.8. The SMILES string of the molecule is COCOc1cc(-c2cnn(C3CCOCC3)c2)ccc1Br. The van der Waals surface area contributed by atoms with E-state index in [0.29, 0.717) is 6.04 Å². The predicted octanol–water partition coefficient (Wildman–Crippen LogP) is 3.65. The molecule has 1 aliphatic rings. The molecule has 1 fully saturated rings. The molecule has 1 aliphatic heterocycles. The van der Waals surface area contributed by atoms with Gasteiger partial charge in [-0.25, -0.2) is 0 Å². The summed E-state index contributed by atoms with van der Waals surface area (Å²) in [6.07, 6.45) is 6.03. The summed E-state index contributed by atoms with van der Waals surface area (Å²) in [5.74, 6) is 0.762. The number of rotatable bonds is 5. The van der Waals surface area contributed by atoms with Crippen molar-refractivity contribution >= 4 is 15.9 Å². The van der Waals surface area contributed by atoms with Crippen LogP contribution >= 0.6 is 15.9 Å². The van der Waals surface area contributed by atoms with Crippen LogP contribution in [0.15, 0.2) is 35.1 Å². The number of methoxy groups -OCH3 is 1. The Kier molecular flexibility index (Phi) is 5.12. The third-order valence-electron chi connectivity index (χ3n) is 3.76. The first kappa shape index (κ1) is 15.5. The van der Waals surface area contributed by atoms with Crippen LogP contribution in [0.5, 0.6) is 5.75 Å². The summed E-state index contributed by atoms with van der Waals surface area (Å²) in [5.41, 5.74) is 2.16. The molecule has 0 spiro atoms. The lowest BCUT2D eigenvalue weighted by Crippen LogP contribution is -2.19. The van der Waals surface area contributed by atoms with Gasteiger partial charge < -0.3 is 14.2 Å². The fourth-order valence-corrected chi connectivity index (χ4v) is 2.91. The van der Waals surface area contributed by atoms with E-state index < -0.39 is 0 Å². The lowest BCUT2D eigenvalue weighted by molar-refractivity contribution is 0.0506. The molecule has 5 nitrogen and oxygen atoms in total. The fourth-order valence-electron chi connectivity index (χ4n) is 2.55. The topological polar surface area (TPSA) is 45.5 Å². The molecule has 1 aromatic heterocycles. The highest BCUT2D eigenvalue weighted by molar-refractivity contribution is 9.10. The molecule has 0 amide bonds. The molecule has 2 aromatic rings. The van der Waals surface area contributed by atoms with E-state index in [9.17, 15) is 0 Å². The maximum absolute atomic E-state index is 5.56. The molecule has 2 heterocycles. The molecular formula is C16H19BrN2O3. The molecule has 0 unspecified atom stereocenters. The second-order valence-corrected chi connectivity index (χ2v) is 6.10. The van der Waals surface area contributed by atoms with Crippen molar-refractivity contribution in [3.05, 3.63) is 35.1 Å². The Labute approximate surface area is 138 Å². The number of benzene rings is 1. The van der Waals surface area contributed by atoms with Crippen molar-refractivity contribution in [2.24, 2.45) is 0 Å². The molecule has 3 rings (SSSR count). The Balaban J connectivity index is 1.80. The molecule has 1 aromatic carbocycles. The quantitative estimate of drug-likeness (QED) is 0.757. The van der Waals surface area contributed by atoms with Gasteiger partial charge in [-0.2, -0.15) is 5.10 Å². The smallest absolute Gasteiger partial charge is 0.188 e. The highest BCUT2D eigenvalue weighted by Crippen LogP contribution is 2.31. The molecule has 0 atom stereocenters. The van der Waals surface area contributed by atoms with E-state index in [2.05, 4.69) is 38.0 Å². The third-order valence-corrected chi connectivity index (χ3v) is 4.42. The summed E-state index contributed by atoms with van der Waals surface area (Å²) in [6, 6.07) is 6.46. The lowest BCUT2D eigenvalue weighted by atomic mass is 10.1. The Morgan fingerprint density at radius 3 is 2.91 bits per heavy atom. The van der Waals surface area contributed by atoms with Crippen LogP contribution < -0.4 is 4.74 Å². The zero-order valence-corrected chi connectivity index (χ0v) is 14.1. The second-order valence-electron chi connectivity index (χ2n) is 5.25. The van der Waals surface area contributed by atoms with Crippen molar-refractivity contribution < 1.29 is 14.2 Å². The Hall–Kier alpha value is -1.37. The second kappa shape index (κ2) is 7.26. The minimum absolute atomic E-state index is 0.226. The average molecular weight is 367 g/mol. The molecule has 1 saturated heterocycles. The normalized spacial score (nSPS) is 15.9. The summed E-state index contributed by atoms with van der Waals surface area (Å²) < 4.78 is 18.9. The van der Waals surface area contributed by atoms with Gasteiger partial charge in [0.05, 0.1) is 16.7 Å². The number of nitrogens with zero attached hydrogens (tertiary/aromatic N) is 2. The molecule has 118 valence electrons. The zero-order chi connectivity index (χ0) is 15.4. The Morgan fingerprint density at radius 1 is 1.32 bits per heavy atom. The maximum atomic E-state index is 5.56. The summed E-state index contributed by atoms with van der Waals surface area (Å²) in [5, 5.41) is 4.51. The van der Waals surface area contributed by atoms with Crippen LogP contribution in [-0.4, -0.2) is 36.9 Å². The Morgan fingerprint density at radius 2 is 2.14 bits per heavy atom. The number of halogens is 1. The van der Waals surface area contributed by atoms with Crippen molar-refractivity contribution in [1.29, 1.82) is 0 Å². The van der Waals surface area contributed by atoms with Crippen LogP contribution in [0.4, 0.5) is 0 Å². The molecular weight excluding hydrogens is 348 g/mol. The number of hydrogen-bond donors (Lipinski definition) is 0. The van der Waals surface area contributed by atoms with E-state index in [-0.39, 0.29) is 6.79 Å². The van der Waals surface area contributed by atoms with Crippen LogP contribution in [0.25, 0.3) is 11.1 Å². The van der Waals surface area contributed by atoms with E-state index in [4.69, 9.17) is 14.2 Å². The minimum Gasteiger partial charge on any atom is -0.466 e. The number of aromatic nitrogens is 2. The van der Waals surface area contributed by atoms with Gasteiger partial charge in [0.1, 0.15) is 5.75 Å². The molecule has 6 heteroatoms. The van der Waals surface area contributed by atoms with Gasteiger partial charge in [-0.05, 0) is 46.5 Å². The predicted molar refractivity (Wildman–Crippen MR) is 87.0 cm³/mol. The summed E-state index contributed by atoms with van der Waals surface area (Å²) in [4.78, 5) is 0. The molecule has 0 N–H and O–H groups in total. The van der Waals surface area contributed by atoms with Crippen molar-refractivity contribution in [3.63, 3.8) is 0 Å². The van der Waals surface area contributed by atoms with Gasteiger partial charge in [-0.3, -0.25) is 4.68 Å². The largest absolute Gasteiger partial charge is 0.466 e. The van der Waals surface area contributed by atoms with Gasteiger partial charge in [0, 0.05) is 32.1 Å². The summed E-state index contributed by atoms with van der Waals surface area (Å²) in [6.45, 7) is 1.85. The Bertz CT molecular complexity index is 624. The third kappa shape index (κ3) is 3.51. The monoisotopic (exact) mass is 366 g/mol. The van der Waals surface area contributed by atoms with Gasteiger partial charge in [-0.1, -0.05) is 6.07 Å². The minimum atomic E-state index is 0.226. The van der Waals surface area contributed by atoms with Crippen LogP contribution in [0.1, 0.15) is 18.9 Å². The first-order valence-corrected chi connectivity index (χ1v) is 8.11. The van der Waals surface area contributed by atoms with Gasteiger partial charge in [0.2, 0.25) is 0 Å². The van der Waals surface area contributed by atoms with Gasteiger partial charge in [0.15, 0.2) is 6.79 Å². The highest BCUT2D eigenvalue weighted by Gasteiger charge is 2.17. The van der Waals surface area contributed by atoms with Crippen molar-refractivity contribution in [2.45, 2.75) is 18.9 Å². The van der Waals surface area contributed by atoms with Crippen LogP contribution in [0, 0.1) is 0 Å². The van der Waals surface area contributed by atoms with Gasteiger partial charge >= 0.3 is 0 Å². The van der Waals surface area contributed by atoms with Crippen molar-refractivity contribution in [1.82, 2.24) is 9.78 Å². The van der Waals surface area contributed by atoms with Gasteiger partial charge in [-0.15, -0.1) is 0 Å². The standard InChI is InChI=1S/C16H19BrN2O3/c1-20-11-22-16-8-12(2-3-15(16)17)13-9-18-19(10-13)14-4-6-21-7-5-14/h2-3,8-10,14H,4-7,11H2,1H3. The molecule has 0 aliphatic carbocycles. The zero-order valence-electron chi connectivity index (χ0n) is 12.5. The van der Waals surface area contributed by atoms with Crippen LogP contribution in [0.3, 0.4) is 0 Å². The van der Waals surface area contributed by atoms with E-state index in [1.807, 2.05) is 18.3 Å². The number of ether oxygens (including phenoxy) is 3. The van der Waals surface area contributed by atoms with E-state index in [0.717, 1.165) is 47.4 Å². The molecule has 22 heavy (non-hydrogen) atoms. The maximum Gasteiger partial charge on any atom is 0.188 e. The van der Waals surface area contributed by atoms with Gasteiger partial charge in [0.25, 0.3) is 0 Å². The van der Waals surface area contributed by atoms with Crippen molar-refractivity contribution in [2.75, 3.05) is 27.1 Å². The summed E-state index contributed by atoms with van der Waals surface area (Å²) in [7, 11) is 1.61. The van der Waals surface area contributed by atoms with Crippen molar-refractivity contribution in [3.8, 4) is 16.9 Å². The molecule has 0 bridgehead atoms. The van der Waals surface area contributed by atoms with E-state index in [1.165, 1.54) is 0 Å².